The van der Waals surface area contributed by atoms with E-state index >= 15 is 0 Å². The van der Waals surface area contributed by atoms with Gasteiger partial charge in [-0.3, -0.25) is 4.79 Å². The van der Waals surface area contributed by atoms with Crippen LogP contribution in [-0.4, -0.2) is 49.6 Å². The number of piperidine rings is 1. The van der Waals surface area contributed by atoms with Gasteiger partial charge in [-0.1, -0.05) is 0 Å². The summed E-state index contributed by atoms with van der Waals surface area (Å²) < 4.78 is 9.89. The molecular weight excluding hydrogens is 308 g/mol. The van der Waals surface area contributed by atoms with Gasteiger partial charge in [0.1, 0.15) is 5.75 Å². The first-order chi connectivity index (χ1) is 11.5. The second-order valence-corrected chi connectivity index (χ2v) is 6.13. The molecule has 2 rings (SSSR count). The van der Waals surface area contributed by atoms with E-state index in [9.17, 15) is 9.59 Å². The molecule has 0 spiro atoms. The van der Waals surface area contributed by atoms with Crippen molar-refractivity contribution in [2.24, 2.45) is 0 Å². The Morgan fingerprint density at radius 3 is 2.79 bits per heavy atom. The van der Waals surface area contributed by atoms with Crippen molar-refractivity contribution >= 4 is 17.6 Å². The van der Waals surface area contributed by atoms with Crippen LogP contribution in [0, 0.1) is 6.92 Å². The van der Waals surface area contributed by atoms with Gasteiger partial charge in [0.25, 0.3) is 0 Å². The molecule has 132 valence electrons. The number of anilines is 1. The lowest BCUT2D eigenvalue weighted by Crippen LogP contribution is -2.44. The number of esters is 1. The van der Waals surface area contributed by atoms with Crippen molar-refractivity contribution in [3.05, 3.63) is 23.8 Å². The average Bonchev–Trinajstić information content (AvgIpc) is 2.58. The summed E-state index contributed by atoms with van der Waals surface area (Å²) in [6.07, 6.45) is 3.36. The molecule has 1 N–H and O–H groups in total. The maximum absolute atomic E-state index is 12.4. The number of amides is 1. The van der Waals surface area contributed by atoms with Crippen LogP contribution in [0.5, 0.6) is 5.75 Å². The monoisotopic (exact) mass is 334 g/mol. The number of aryl methyl sites for hydroxylation is 1. The molecule has 0 radical (unpaired) electrons. The highest BCUT2D eigenvalue weighted by Gasteiger charge is 2.22. The second kappa shape index (κ2) is 8.57. The summed E-state index contributed by atoms with van der Waals surface area (Å²) in [5.41, 5.74) is 1.84. The van der Waals surface area contributed by atoms with Crippen LogP contribution in [0.2, 0.25) is 0 Å². The van der Waals surface area contributed by atoms with Crippen LogP contribution < -0.4 is 10.1 Å². The van der Waals surface area contributed by atoms with E-state index in [1.54, 1.807) is 6.07 Å². The van der Waals surface area contributed by atoms with Crippen molar-refractivity contribution < 1.29 is 19.1 Å². The van der Waals surface area contributed by atoms with E-state index in [4.69, 9.17) is 4.74 Å². The number of carbonyl (C=O) groups excluding carboxylic acids is 2. The summed E-state index contributed by atoms with van der Waals surface area (Å²) in [5.74, 6) is 0.308. The van der Waals surface area contributed by atoms with E-state index in [1.807, 2.05) is 24.0 Å². The molecule has 1 aromatic carbocycles. The summed E-state index contributed by atoms with van der Waals surface area (Å²) in [5, 5.41) is 3.20. The Labute approximate surface area is 143 Å². The molecule has 0 aliphatic carbocycles. The highest BCUT2D eigenvalue weighted by atomic mass is 16.6. The van der Waals surface area contributed by atoms with Gasteiger partial charge >= 0.3 is 5.97 Å². The van der Waals surface area contributed by atoms with Crippen molar-refractivity contribution in [2.75, 3.05) is 32.1 Å². The van der Waals surface area contributed by atoms with Gasteiger partial charge < -0.3 is 19.7 Å². The first-order valence-electron chi connectivity index (χ1n) is 8.35. The molecule has 24 heavy (non-hydrogen) atoms. The fourth-order valence-corrected chi connectivity index (χ4v) is 2.87. The number of ether oxygens (including phenoxy) is 2. The van der Waals surface area contributed by atoms with Crippen molar-refractivity contribution in [2.45, 2.75) is 39.2 Å². The number of benzene rings is 1. The summed E-state index contributed by atoms with van der Waals surface area (Å²) in [6, 6.07) is 5.78. The van der Waals surface area contributed by atoms with Crippen LogP contribution in [-0.2, 0) is 14.3 Å². The lowest BCUT2D eigenvalue weighted by atomic mass is 10.0. The van der Waals surface area contributed by atoms with E-state index in [2.05, 4.69) is 17.0 Å². The fourth-order valence-electron chi connectivity index (χ4n) is 2.87. The Balaban J connectivity index is 1.88. The topological polar surface area (TPSA) is 67.9 Å². The van der Waals surface area contributed by atoms with Crippen molar-refractivity contribution in [1.82, 2.24) is 4.90 Å². The number of nitrogens with one attached hydrogen (secondary N) is 1. The maximum Gasteiger partial charge on any atom is 0.343 e. The standard InChI is InChI=1S/C18H26N2O4/c1-13-10-15(24-12-18(22)23-3)7-8-16(13)19-11-17(21)20-9-5-4-6-14(20)2/h7-8,10,14,19H,4-6,9,11-12H2,1-3H3. The molecule has 1 saturated heterocycles. The van der Waals surface area contributed by atoms with Crippen molar-refractivity contribution in [3.8, 4) is 5.75 Å². The Morgan fingerprint density at radius 1 is 1.33 bits per heavy atom. The Bertz CT molecular complexity index is 588. The van der Waals surface area contributed by atoms with Crippen molar-refractivity contribution in [1.29, 1.82) is 0 Å². The smallest absolute Gasteiger partial charge is 0.343 e. The first kappa shape index (κ1) is 18.1. The fraction of sp³-hybridized carbons (Fsp3) is 0.556. The van der Waals surface area contributed by atoms with E-state index in [0.717, 1.165) is 30.6 Å². The molecule has 6 heteroatoms. The molecular formula is C18H26N2O4. The van der Waals surface area contributed by atoms with E-state index in [1.165, 1.54) is 13.5 Å². The predicted octanol–water partition coefficient (Wildman–Crippen LogP) is 2.36. The highest BCUT2D eigenvalue weighted by Crippen LogP contribution is 2.22. The molecule has 1 amide bonds. The third-order valence-corrected chi connectivity index (χ3v) is 4.34. The summed E-state index contributed by atoms with van der Waals surface area (Å²) in [7, 11) is 1.32. The third-order valence-electron chi connectivity index (χ3n) is 4.34. The van der Waals surface area contributed by atoms with Crippen LogP contribution in [0.3, 0.4) is 0 Å². The molecule has 0 bridgehead atoms. The number of likely N-dealkylation sites (tertiary alicyclic amines) is 1. The van der Waals surface area contributed by atoms with Crippen molar-refractivity contribution in [3.63, 3.8) is 0 Å². The largest absolute Gasteiger partial charge is 0.482 e. The van der Waals surface area contributed by atoms with Crippen LogP contribution in [0.15, 0.2) is 18.2 Å². The number of hydrogen-bond acceptors (Lipinski definition) is 5. The SMILES string of the molecule is COC(=O)COc1ccc(NCC(=O)N2CCCCC2C)c(C)c1. The van der Waals surface area contributed by atoms with Crippen LogP contribution in [0.4, 0.5) is 5.69 Å². The van der Waals surface area contributed by atoms with Crippen LogP contribution >= 0.6 is 0 Å². The molecule has 1 aromatic rings. The number of nitrogens with zero attached hydrogens (tertiary/aromatic N) is 1. The van der Waals surface area contributed by atoms with Gasteiger partial charge in [0.15, 0.2) is 6.61 Å². The molecule has 6 nitrogen and oxygen atoms in total. The Hall–Kier alpha value is -2.24. The molecule has 1 atom stereocenters. The number of methoxy groups -OCH3 is 1. The maximum atomic E-state index is 12.4. The van der Waals surface area contributed by atoms with Gasteiger partial charge in [-0.15, -0.1) is 0 Å². The third kappa shape index (κ3) is 4.88. The minimum atomic E-state index is -0.420. The Kier molecular flexibility index (Phi) is 6.46. The Morgan fingerprint density at radius 2 is 2.12 bits per heavy atom. The van der Waals surface area contributed by atoms with Gasteiger partial charge in [-0.05, 0) is 56.9 Å². The predicted molar refractivity (Wildman–Crippen MR) is 92.2 cm³/mol. The minimum absolute atomic E-state index is 0.117. The molecule has 0 aromatic heterocycles. The lowest BCUT2D eigenvalue weighted by Gasteiger charge is -2.33. The van der Waals surface area contributed by atoms with Gasteiger partial charge in [0.05, 0.1) is 13.7 Å². The van der Waals surface area contributed by atoms with Gasteiger partial charge in [-0.25, -0.2) is 4.79 Å². The van der Waals surface area contributed by atoms with E-state index in [0.29, 0.717) is 11.8 Å². The summed E-state index contributed by atoms with van der Waals surface area (Å²) in [4.78, 5) is 25.4. The van der Waals surface area contributed by atoms with E-state index in [-0.39, 0.29) is 19.1 Å². The summed E-state index contributed by atoms with van der Waals surface area (Å²) in [6.45, 7) is 5.06. The quantitative estimate of drug-likeness (QED) is 0.809. The zero-order chi connectivity index (χ0) is 17.5. The zero-order valence-electron chi connectivity index (χ0n) is 14.6. The van der Waals surface area contributed by atoms with Gasteiger partial charge in [-0.2, -0.15) is 0 Å². The molecule has 1 fully saturated rings. The minimum Gasteiger partial charge on any atom is -0.482 e. The lowest BCUT2D eigenvalue weighted by molar-refractivity contribution is -0.143. The second-order valence-electron chi connectivity index (χ2n) is 6.13. The molecule has 0 saturated carbocycles. The number of carbonyl (C=O) groups is 2. The molecule has 1 aliphatic heterocycles. The van der Waals surface area contributed by atoms with Crippen LogP contribution in [0.25, 0.3) is 0 Å². The van der Waals surface area contributed by atoms with Crippen LogP contribution in [0.1, 0.15) is 31.7 Å². The van der Waals surface area contributed by atoms with Gasteiger partial charge in [0, 0.05) is 18.3 Å². The normalized spacial score (nSPS) is 17.3. The van der Waals surface area contributed by atoms with Gasteiger partial charge in [0.2, 0.25) is 5.91 Å². The molecule has 1 heterocycles. The molecule has 1 unspecified atom stereocenters. The average molecular weight is 334 g/mol. The molecule has 1 aliphatic rings. The number of rotatable bonds is 6. The highest BCUT2D eigenvalue weighted by molar-refractivity contribution is 5.81. The number of hydrogen-bond donors (Lipinski definition) is 1. The summed E-state index contributed by atoms with van der Waals surface area (Å²) >= 11 is 0. The zero-order valence-corrected chi connectivity index (χ0v) is 14.6. The van der Waals surface area contributed by atoms with E-state index < -0.39 is 5.97 Å². The first-order valence-corrected chi connectivity index (χ1v) is 8.35.